The molecule has 5 nitrogen and oxygen atoms in total. The van der Waals surface area contributed by atoms with E-state index in [0.717, 1.165) is 26.3 Å². The lowest BCUT2D eigenvalue weighted by Gasteiger charge is -2.26. The van der Waals surface area contributed by atoms with Crippen LogP contribution < -0.4 is 5.43 Å². The number of hydrogen-bond acceptors (Lipinski definition) is 5. The van der Waals surface area contributed by atoms with Gasteiger partial charge < -0.3 is 9.47 Å². The zero-order valence-corrected chi connectivity index (χ0v) is 7.91. The molecule has 0 bridgehead atoms. The standard InChI is InChI=1S/C8H16N2O3/c1-2-13-8(11)7-9-10-3-5-12-6-4-10/h9H,2-7H2,1H3. The Morgan fingerprint density at radius 1 is 1.54 bits per heavy atom. The topological polar surface area (TPSA) is 50.8 Å². The molecule has 1 saturated heterocycles. The molecule has 0 aromatic rings. The molecule has 0 aromatic heterocycles. The Morgan fingerprint density at radius 2 is 2.23 bits per heavy atom. The van der Waals surface area contributed by atoms with E-state index < -0.39 is 0 Å². The van der Waals surface area contributed by atoms with Crippen molar-refractivity contribution in [2.45, 2.75) is 6.92 Å². The maximum absolute atomic E-state index is 10.9. The SMILES string of the molecule is CCOC(=O)CNN1CCOCC1. The second-order valence-electron chi connectivity index (χ2n) is 2.74. The molecule has 5 heteroatoms. The van der Waals surface area contributed by atoms with Crippen molar-refractivity contribution in [1.82, 2.24) is 10.4 Å². The van der Waals surface area contributed by atoms with Crippen molar-refractivity contribution >= 4 is 5.97 Å². The largest absolute Gasteiger partial charge is 0.465 e. The van der Waals surface area contributed by atoms with E-state index in [9.17, 15) is 4.79 Å². The summed E-state index contributed by atoms with van der Waals surface area (Å²) >= 11 is 0. The molecule has 0 saturated carbocycles. The minimum absolute atomic E-state index is 0.214. The highest BCUT2D eigenvalue weighted by molar-refractivity contribution is 5.71. The maximum atomic E-state index is 10.9. The van der Waals surface area contributed by atoms with E-state index in [1.807, 2.05) is 5.01 Å². The molecule has 0 aliphatic carbocycles. The van der Waals surface area contributed by atoms with Gasteiger partial charge in [0.1, 0.15) is 6.54 Å². The van der Waals surface area contributed by atoms with Crippen molar-refractivity contribution in [2.24, 2.45) is 0 Å². The molecule has 0 spiro atoms. The summed E-state index contributed by atoms with van der Waals surface area (Å²) in [6, 6.07) is 0. The summed E-state index contributed by atoms with van der Waals surface area (Å²) in [5, 5.41) is 1.97. The summed E-state index contributed by atoms with van der Waals surface area (Å²) in [7, 11) is 0. The first kappa shape index (κ1) is 10.4. The van der Waals surface area contributed by atoms with Crippen LogP contribution in [0.3, 0.4) is 0 Å². The zero-order chi connectivity index (χ0) is 9.52. The molecule has 0 unspecified atom stereocenters. The fourth-order valence-electron chi connectivity index (χ4n) is 1.11. The van der Waals surface area contributed by atoms with Crippen LogP contribution in [0.4, 0.5) is 0 Å². The first-order chi connectivity index (χ1) is 6.33. The normalized spacial score (nSPS) is 18.5. The van der Waals surface area contributed by atoms with Gasteiger partial charge >= 0.3 is 5.97 Å². The highest BCUT2D eigenvalue weighted by atomic mass is 16.5. The van der Waals surface area contributed by atoms with Gasteiger partial charge in [-0.2, -0.15) is 0 Å². The number of carbonyl (C=O) groups is 1. The Hall–Kier alpha value is -0.650. The van der Waals surface area contributed by atoms with E-state index in [0.29, 0.717) is 6.61 Å². The van der Waals surface area contributed by atoms with E-state index in [4.69, 9.17) is 9.47 Å². The van der Waals surface area contributed by atoms with E-state index in [1.165, 1.54) is 0 Å². The third kappa shape index (κ3) is 4.21. The summed E-state index contributed by atoms with van der Waals surface area (Å²) in [6.07, 6.45) is 0. The highest BCUT2D eigenvalue weighted by Gasteiger charge is 2.10. The van der Waals surface area contributed by atoms with Gasteiger partial charge in [-0.05, 0) is 6.92 Å². The lowest BCUT2D eigenvalue weighted by molar-refractivity contribution is -0.143. The Balaban J connectivity index is 2.06. The molecule has 13 heavy (non-hydrogen) atoms. The van der Waals surface area contributed by atoms with Crippen LogP contribution in [0.5, 0.6) is 0 Å². The molecule has 1 heterocycles. The number of nitrogens with zero attached hydrogens (tertiary/aromatic N) is 1. The Labute approximate surface area is 78.0 Å². The summed E-state index contributed by atoms with van der Waals surface area (Å²) in [6.45, 7) is 5.55. The lowest BCUT2D eigenvalue weighted by atomic mass is 10.5. The zero-order valence-electron chi connectivity index (χ0n) is 7.91. The Bertz CT molecular complexity index is 157. The molecule has 1 aliphatic heterocycles. The number of esters is 1. The number of carbonyl (C=O) groups excluding carboxylic acids is 1. The molecule has 1 rings (SSSR count). The molecular formula is C8H16N2O3. The van der Waals surface area contributed by atoms with E-state index in [-0.39, 0.29) is 12.5 Å². The molecule has 1 N–H and O–H groups in total. The van der Waals surface area contributed by atoms with E-state index in [2.05, 4.69) is 5.43 Å². The maximum Gasteiger partial charge on any atom is 0.321 e. The monoisotopic (exact) mass is 188 g/mol. The summed E-state index contributed by atoms with van der Waals surface area (Å²) in [5.74, 6) is -0.214. The second kappa shape index (κ2) is 5.90. The predicted octanol–water partition coefficient (Wildman–Crippen LogP) is -0.614. The van der Waals surface area contributed by atoms with Crippen molar-refractivity contribution < 1.29 is 14.3 Å². The third-order valence-electron chi connectivity index (χ3n) is 1.76. The minimum Gasteiger partial charge on any atom is -0.465 e. The average Bonchev–Trinajstić information content (AvgIpc) is 2.17. The predicted molar refractivity (Wildman–Crippen MR) is 47.0 cm³/mol. The van der Waals surface area contributed by atoms with Crippen LogP contribution in [-0.4, -0.2) is 50.4 Å². The van der Waals surface area contributed by atoms with Crippen molar-refractivity contribution in [3.8, 4) is 0 Å². The number of ether oxygens (including phenoxy) is 2. The van der Waals surface area contributed by atoms with Gasteiger partial charge in [-0.25, -0.2) is 10.4 Å². The third-order valence-corrected chi connectivity index (χ3v) is 1.76. The van der Waals surface area contributed by atoms with Gasteiger partial charge in [-0.1, -0.05) is 0 Å². The van der Waals surface area contributed by atoms with Crippen LogP contribution in [0, 0.1) is 0 Å². The Morgan fingerprint density at radius 3 is 2.85 bits per heavy atom. The number of morpholine rings is 1. The second-order valence-corrected chi connectivity index (χ2v) is 2.74. The average molecular weight is 188 g/mol. The van der Waals surface area contributed by atoms with Crippen LogP contribution in [-0.2, 0) is 14.3 Å². The molecular weight excluding hydrogens is 172 g/mol. The van der Waals surface area contributed by atoms with Gasteiger partial charge in [0.15, 0.2) is 0 Å². The van der Waals surface area contributed by atoms with Crippen LogP contribution >= 0.6 is 0 Å². The molecule has 0 amide bonds. The molecule has 0 atom stereocenters. The van der Waals surface area contributed by atoms with Gasteiger partial charge in [0.25, 0.3) is 0 Å². The molecule has 0 radical (unpaired) electrons. The van der Waals surface area contributed by atoms with Crippen LogP contribution in [0.25, 0.3) is 0 Å². The molecule has 0 aromatic carbocycles. The molecule has 76 valence electrons. The first-order valence-electron chi connectivity index (χ1n) is 4.54. The van der Waals surface area contributed by atoms with Crippen molar-refractivity contribution in [2.75, 3.05) is 39.5 Å². The van der Waals surface area contributed by atoms with Crippen molar-refractivity contribution in [3.05, 3.63) is 0 Å². The highest BCUT2D eigenvalue weighted by Crippen LogP contribution is 1.91. The first-order valence-corrected chi connectivity index (χ1v) is 4.54. The minimum atomic E-state index is -0.214. The van der Waals surface area contributed by atoms with Gasteiger partial charge in [-0.3, -0.25) is 4.79 Å². The smallest absolute Gasteiger partial charge is 0.321 e. The van der Waals surface area contributed by atoms with Gasteiger partial charge in [-0.15, -0.1) is 0 Å². The number of hydrogen-bond donors (Lipinski definition) is 1. The van der Waals surface area contributed by atoms with Gasteiger partial charge in [0, 0.05) is 13.1 Å². The molecule has 1 fully saturated rings. The lowest BCUT2D eigenvalue weighted by Crippen LogP contribution is -2.47. The van der Waals surface area contributed by atoms with Crippen molar-refractivity contribution in [1.29, 1.82) is 0 Å². The quantitative estimate of drug-likeness (QED) is 0.596. The fourth-order valence-corrected chi connectivity index (χ4v) is 1.11. The number of rotatable bonds is 4. The van der Waals surface area contributed by atoms with Crippen molar-refractivity contribution in [3.63, 3.8) is 0 Å². The van der Waals surface area contributed by atoms with Crippen LogP contribution in [0.1, 0.15) is 6.92 Å². The van der Waals surface area contributed by atoms with Crippen LogP contribution in [0.2, 0.25) is 0 Å². The van der Waals surface area contributed by atoms with Gasteiger partial charge in [0.2, 0.25) is 0 Å². The molecule has 1 aliphatic rings. The van der Waals surface area contributed by atoms with E-state index in [1.54, 1.807) is 6.92 Å². The van der Waals surface area contributed by atoms with Gasteiger partial charge in [0.05, 0.1) is 19.8 Å². The Kier molecular flexibility index (Phi) is 4.74. The summed E-state index contributed by atoms with van der Waals surface area (Å²) in [5.41, 5.74) is 2.98. The van der Waals surface area contributed by atoms with Crippen LogP contribution in [0.15, 0.2) is 0 Å². The number of hydrazine groups is 1. The fraction of sp³-hybridized carbons (Fsp3) is 0.875. The summed E-state index contributed by atoms with van der Waals surface area (Å²) in [4.78, 5) is 10.9. The summed E-state index contributed by atoms with van der Waals surface area (Å²) < 4.78 is 9.93. The van der Waals surface area contributed by atoms with E-state index >= 15 is 0 Å². The number of nitrogens with one attached hydrogen (secondary N) is 1.